The zero-order chi connectivity index (χ0) is 19.9. The van der Waals surface area contributed by atoms with Gasteiger partial charge in [-0.3, -0.25) is 0 Å². The first-order valence-electron chi connectivity index (χ1n) is 9.78. The van der Waals surface area contributed by atoms with E-state index in [9.17, 15) is 5.11 Å². The zero-order valence-corrected chi connectivity index (χ0v) is 19.9. The van der Waals surface area contributed by atoms with Crippen molar-refractivity contribution in [2.45, 2.75) is 59.6 Å². The van der Waals surface area contributed by atoms with Gasteiger partial charge < -0.3 is 15.7 Å². The van der Waals surface area contributed by atoms with Crippen molar-refractivity contribution in [3.8, 4) is 5.69 Å². The monoisotopic (exact) mass is 499 g/mol. The lowest BCUT2D eigenvalue weighted by molar-refractivity contribution is 0.0367. The summed E-state index contributed by atoms with van der Waals surface area (Å²) in [7, 11) is 0. The molecule has 6 nitrogen and oxygen atoms in total. The molecule has 0 atom stereocenters. The molecule has 0 aliphatic carbocycles. The van der Waals surface area contributed by atoms with Gasteiger partial charge in [-0.05, 0) is 51.3 Å². The molecule has 1 aromatic carbocycles. The Morgan fingerprint density at radius 2 is 1.82 bits per heavy atom. The molecule has 0 unspecified atom stereocenters. The maximum absolute atomic E-state index is 10.5. The predicted octanol–water partition coefficient (Wildman–Crippen LogP) is 3.71. The van der Waals surface area contributed by atoms with E-state index in [2.05, 4.69) is 40.9 Å². The number of nitrogens with one attached hydrogen (secondary N) is 2. The van der Waals surface area contributed by atoms with Gasteiger partial charge in [0.1, 0.15) is 0 Å². The number of aromatic nitrogens is 2. The molecule has 0 fully saturated rings. The molecule has 156 valence electrons. The van der Waals surface area contributed by atoms with Gasteiger partial charge in [0.2, 0.25) is 0 Å². The Morgan fingerprint density at radius 3 is 2.39 bits per heavy atom. The molecule has 0 aliphatic heterocycles. The molecule has 2 rings (SSSR count). The van der Waals surface area contributed by atoms with Crippen molar-refractivity contribution < 1.29 is 5.11 Å². The molecule has 0 saturated heterocycles. The van der Waals surface area contributed by atoms with E-state index in [0.717, 1.165) is 29.2 Å². The van der Waals surface area contributed by atoms with Crippen LogP contribution < -0.4 is 10.6 Å². The molecule has 0 bridgehead atoms. The van der Waals surface area contributed by atoms with Crippen molar-refractivity contribution in [3.63, 3.8) is 0 Å². The van der Waals surface area contributed by atoms with Crippen LogP contribution in [0.25, 0.3) is 5.69 Å². The first kappa shape index (κ1) is 24.4. The summed E-state index contributed by atoms with van der Waals surface area (Å²) in [5.41, 5.74) is 3.53. The Labute approximate surface area is 185 Å². The summed E-state index contributed by atoms with van der Waals surface area (Å²) in [6, 6.07) is 10.3. The number of para-hydroxylation sites is 1. The number of benzene rings is 1. The smallest absolute Gasteiger partial charge is 0.191 e. The number of aliphatic hydroxyl groups is 1. The highest BCUT2D eigenvalue weighted by Gasteiger charge is 2.22. The Kier molecular flexibility index (Phi) is 9.95. The number of rotatable bonds is 8. The Balaban J connectivity index is 0.00000392. The number of hydrogen-bond donors (Lipinski definition) is 3. The van der Waals surface area contributed by atoms with Crippen molar-refractivity contribution >= 4 is 29.9 Å². The lowest BCUT2D eigenvalue weighted by Crippen LogP contribution is -2.46. The van der Waals surface area contributed by atoms with E-state index in [4.69, 9.17) is 4.99 Å². The highest BCUT2D eigenvalue weighted by atomic mass is 127. The average molecular weight is 499 g/mol. The molecule has 0 amide bonds. The van der Waals surface area contributed by atoms with Gasteiger partial charge in [-0.2, -0.15) is 5.10 Å². The average Bonchev–Trinajstić information content (AvgIpc) is 3.02. The van der Waals surface area contributed by atoms with Gasteiger partial charge in [-0.1, -0.05) is 32.0 Å². The van der Waals surface area contributed by atoms with Gasteiger partial charge in [0.25, 0.3) is 0 Å². The number of aryl methyl sites for hydroxylation is 2. The van der Waals surface area contributed by atoms with Crippen LogP contribution in [0.4, 0.5) is 0 Å². The van der Waals surface area contributed by atoms with Crippen molar-refractivity contribution in [1.82, 2.24) is 20.4 Å². The summed E-state index contributed by atoms with van der Waals surface area (Å²) < 4.78 is 1.97. The second-order valence-corrected chi connectivity index (χ2v) is 6.95. The van der Waals surface area contributed by atoms with Crippen molar-refractivity contribution in [2.75, 3.05) is 13.1 Å². The highest BCUT2D eigenvalue weighted by molar-refractivity contribution is 14.0. The van der Waals surface area contributed by atoms with Crippen molar-refractivity contribution in [3.05, 3.63) is 47.3 Å². The number of aliphatic imine (C=N–C) groups is 1. The van der Waals surface area contributed by atoms with E-state index in [-0.39, 0.29) is 24.0 Å². The molecule has 0 saturated carbocycles. The fourth-order valence-electron chi connectivity index (χ4n) is 2.98. The molecule has 2 aromatic rings. The summed E-state index contributed by atoms with van der Waals surface area (Å²) >= 11 is 0. The van der Waals surface area contributed by atoms with Crippen molar-refractivity contribution in [1.29, 1.82) is 0 Å². The molecular weight excluding hydrogens is 465 g/mol. The van der Waals surface area contributed by atoms with Crippen LogP contribution in [0.15, 0.2) is 35.3 Å². The molecule has 7 heteroatoms. The third-order valence-corrected chi connectivity index (χ3v) is 4.88. The molecule has 28 heavy (non-hydrogen) atoms. The number of hydrogen-bond acceptors (Lipinski definition) is 3. The second-order valence-electron chi connectivity index (χ2n) is 6.95. The van der Waals surface area contributed by atoms with Crippen LogP contribution >= 0.6 is 24.0 Å². The largest absolute Gasteiger partial charge is 0.388 e. The van der Waals surface area contributed by atoms with Gasteiger partial charge in [-0.25, -0.2) is 9.67 Å². The standard InChI is InChI=1S/C21H33N5O.HI/c1-6-21(27,7-2)15-24-20(22-8-3)23-14-18-11-9-10-12-19(18)26-17(5)13-16(4)25-26;/h9-13,27H,6-8,14-15H2,1-5H3,(H2,22,23,24);1H. The second kappa shape index (κ2) is 11.4. The Hall–Kier alpha value is -1.61. The molecule has 1 aromatic heterocycles. The van der Waals surface area contributed by atoms with Crippen molar-refractivity contribution in [2.24, 2.45) is 4.99 Å². The summed E-state index contributed by atoms with van der Waals surface area (Å²) in [6.07, 6.45) is 1.41. The number of guanidine groups is 1. The quantitative estimate of drug-likeness (QED) is 0.294. The first-order chi connectivity index (χ1) is 12.9. The highest BCUT2D eigenvalue weighted by Crippen LogP contribution is 2.18. The van der Waals surface area contributed by atoms with Crippen LogP contribution in [0.2, 0.25) is 0 Å². The maximum Gasteiger partial charge on any atom is 0.191 e. The molecular formula is C21H34IN5O. The topological polar surface area (TPSA) is 74.5 Å². The van der Waals surface area contributed by atoms with Crippen LogP contribution in [-0.4, -0.2) is 39.5 Å². The minimum Gasteiger partial charge on any atom is -0.388 e. The normalized spacial score (nSPS) is 11.9. The van der Waals surface area contributed by atoms with Crippen LogP contribution in [0.1, 0.15) is 50.6 Å². The van der Waals surface area contributed by atoms with Crippen LogP contribution in [0, 0.1) is 13.8 Å². The van der Waals surface area contributed by atoms with E-state index >= 15 is 0 Å². The van der Waals surface area contributed by atoms with Gasteiger partial charge >= 0.3 is 0 Å². The van der Waals surface area contributed by atoms with Crippen LogP contribution in [-0.2, 0) is 6.54 Å². The Bertz CT molecular complexity index is 768. The lowest BCUT2D eigenvalue weighted by atomic mass is 9.98. The van der Waals surface area contributed by atoms with Gasteiger partial charge in [0, 0.05) is 18.8 Å². The summed E-state index contributed by atoms with van der Waals surface area (Å²) in [5.74, 6) is 0.709. The summed E-state index contributed by atoms with van der Waals surface area (Å²) in [4.78, 5) is 4.72. The van der Waals surface area contributed by atoms with Crippen LogP contribution in [0.5, 0.6) is 0 Å². The molecule has 0 radical (unpaired) electrons. The van der Waals surface area contributed by atoms with Gasteiger partial charge in [0.15, 0.2) is 5.96 Å². The summed E-state index contributed by atoms with van der Waals surface area (Å²) in [5, 5.41) is 21.6. The van der Waals surface area contributed by atoms with E-state index in [0.29, 0.717) is 31.9 Å². The molecule has 3 N–H and O–H groups in total. The zero-order valence-electron chi connectivity index (χ0n) is 17.6. The van der Waals surface area contributed by atoms with E-state index < -0.39 is 5.60 Å². The fourth-order valence-corrected chi connectivity index (χ4v) is 2.98. The van der Waals surface area contributed by atoms with E-state index in [1.54, 1.807) is 0 Å². The predicted molar refractivity (Wildman–Crippen MR) is 127 cm³/mol. The summed E-state index contributed by atoms with van der Waals surface area (Å²) in [6.45, 7) is 11.9. The number of halogens is 1. The third-order valence-electron chi connectivity index (χ3n) is 4.88. The number of nitrogens with zero attached hydrogens (tertiary/aromatic N) is 3. The van der Waals surface area contributed by atoms with Crippen LogP contribution in [0.3, 0.4) is 0 Å². The van der Waals surface area contributed by atoms with Gasteiger partial charge in [0.05, 0.1) is 23.5 Å². The van der Waals surface area contributed by atoms with E-state index in [1.807, 2.05) is 44.5 Å². The molecule has 0 spiro atoms. The minimum atomic E-state index is -0.711. The lowest BCUT2D eigenvalue weighted by Gasteiger charge is -2.26. The minimum absolute atomic E-state index is 0. The van der Waals surface area contributed by atoms with E-state index in [1.165, 1.54) is 0 Å². The fraction of sp³-hybridized carbons (Fsp3) is 0.524. The third kappa shape index (κ3) is 6.48. The molecule has 1 heterocycles. The SMILES string of the molecule is CCNC(=NCc1ccccc1-n1nc(C)cc1C)NCC(O)(CC)CC.I. The Morgan fingerprint density at radius 1 is 1.14 bits per heavy atom. The first-order valence-corrected chi connectivity index (χ1v) is 9.78. The molecule has 0 aliphatic rings. The maximum atomic E-state index is 10.5. The van der Waals surface area contributed by atoms with Gasteiger partial charge in [-0.15, -0.1) is 24.0 Å².